The predicted molar refractivity (Wildman–Crippen MR) is 46.2 cm³/mol. The lowest BCUT2D eigenvalue weighted by Crippen LogP contribution is -2.35. The van der Waals surface area contributed by atoms with E-state index in [1.54, 1.807) is 13.0 Å². The maximum atomic E-state index is 10.9. The van der Waals surface area contributed by atoms with E-state index in [2.05, 4.69) is 27.8 Å². The van der Waals surface area contributed by atoms with Crippen molar-refractivity contribution < 1.29 is 4.79 Å². The lowest BCUT2D eigenvalue weighted by atomic mass is 10.3. The molecule has 0 aromatic carbocycles. The highest BCUT2D eigenvalue weighted by Gasteiger charge is 2.08. The van der Waals surface area contributed by atoms with Crippen molar-refractivity contribution in [2.45, 2.75) is 24.7 Å². The van der Waals surface area contributed by atoms with Gasteiger partial charge in [-0.3, -0.25) is 4.79 Å². The predicted octanol–water partition coefficient (Wildman–Crippen LogP) is 1.46. The molecule has 0 aliphatic rings. The Morgan fingerprint density at radius 2 is 2.20 bits per heavy atom. The van der Waals surface area contributed by atoms with Crippen LogP contribution in [0, 0.1) is 0 Å². The summed E-state index contributed by atoms with van der Waals surface area (Å²) in [5, 5.41) is 2.73. The molecule has 0 saturated carbocycles. The van der Waals surface area contributed by atoms with Gasteiger partial charge in [0.15, 0.2) is 0 Å². The maximum Gasteiger partial charge on any atom is 0.233 e. The molecule has 10 heavy (non-hydrogen) atoms. The first-order valence-corrected chi connectivity index (χ1v) is 4.06. The van der Waals surface area contributed by atoms with Gasteiger partial charge >= 0.3 is 0 Å². The molecule has 1 N–H and O–H groups in total. The molecule has 2 nitrogen and oxygen atoms in total. The number of hydrogen-bond donors (Lipinski definition) is 1. The number of hydrogen-bond acceptors (Lipinski definition) is 1. The van der Waals surface area contributed by atoms with Crippen molar-refractivity contribution in [2.24, 2.45) is 0 Å². The fourth-order valence-electron chi connectivity index (χ4n) is 0.398. The minimum atomic E-state index is -0.130. The molecule has 0 aromatic rings. The molecule has 0 heterocycles. The number of carbonyl (C=O) groups excluding carboxylic acids is 1. The first-order valence-electron chi connectivity index (χ1n) is 3.15. The van der Waals surface area contributed by atoms with E-state index in [0.717, 1.165) is 0 Å². The molecule has 0 bridgehead atoms. The van der Waals surface area contributed by atoms with Gasteiger partial charge in [-0.15, -0.1) is 6.58 Å². The number of nitrogens with one attached hydrogen (secondary N) is 1. The normalized spacial score (nSPS) is 15.5. The van der Waals surface area contributed by atoms with Gasteiger partial charge in [-0.05, 0) is 13.8 Å². The second-order valence-electron chi connectivity index (χ2n) is 2.15. The van der Waals surface area contributed by atoms with E-state index in [4.69, 9.17) is 0 Å². The molecule has 0 aliphatic carbocycles. The van der Waals surface area contributed by atoms with Gasteiger partial charge in [-0.1, -0.05) is 22.0 Å². The molecule has 0 aliphatic heterocycles. The van der Waals surface area contributed by atoms with Gasteiger partial charge in [0.05, 0.1) is 4.83 Å². The smallest absolute Gasteiger partial charge is 0.233 e. The Morgan fingerprint density at radius 3 is 2.50 bits per heavy atom. The molecule has 0 rings (SSSR count). The molecule has 0 saturated heterocycles. The van der Waals surface area contributed by atoms with Gasteiger partial charge in [-0.25, -0.2) is 0 Å². The van der Waals surface area contributed by atoms with Gasteiger partial charge < -0.3 is 5.32 Å². The van der Waals surface area contributed by atoms with Crippen LogP contribution in [-0.4, -0.2) is 16.8 Å². The maximum absolute atomic E-state index is 10.9. The summed E-state index contributed by atoms with van der Waals surface area (Å²) in [5.41, 5.74) is 0. The zero-order chi connectivity index (χ0) is 8.15. The molecule has 0 aromatic heterocycles. The van der Waals surface area contributed by atoms with E-state index in [0.29, 0.717) is 0 Å². The number of amides is 1. The Morgan fingerprint density at radius 1 is 1.70 bits per heavy atom. The molecule has 58 valence electrons. The highest BCUT2D eigenvalue weighted by atomic mass is 79.9. The Bertz CT molecular complexity index is 134. The number of rotatable bonds is 3. The third-order valence-electron chi connectivity index (χ3n) is 1.08. The summed E-state index contributed by atoms with van der Waals surface area (Å²) in [6, 6.07) is 0.0486. The van der Waals surface area contributed by atoms with Crippen molar-refractivity contribution in [1.82, 2.24) is 5.32 Å². The third kappa shape index (κ3) is 3.67. The lowest BCUT2D eigenvalue weighted by molar-refractivity contribution is -0.120. The zero-order valence-corrected chi connectivity index (χ0v) is 7.81. The molecule has 0 radical (unpaired) electrons. The van der Waals surface area contributed by atoms with Crippen molar-refractivity contribution >= 4 is 21.8 Å². The Balaban J connectivity index is 3.68. The minimum Gasteiger partial charge on any atom is -0.349 e. The second kappa shape index (κ2) is 4.50. The van der Waals surface area contributed by atoms with E-state index >= 15 is 0 Å². The van der Waals surface area contributed by atoms with Crippen molar-refractivity contribution in [2.75, 3.05) is 0 Å². The fourth-order valence-corrected chi connectivity index (χ4v) is 0.530. The highest BCUT2D eigenvalue weighted by molar-refractivity contribution is 9.10. The van der Waals surface area contributed by atoms with Gasteiger partial charge in [0.1, 0.15) is 0 Å². The van der Waals surface area contributed by atoms with Crippen LogP contribution in [0.15, 0.2) is 12.7 Å². The summed E-state index contributed by atoms with van der Waals surface area (Å²) in [6.07, 6.45) is 1.69. The van der Waals surface area contributed by atoms with Crippen LogP contribution in [0.25, 0.3) is 0 Å². The van der Waals surface area contributed by atoms with E-state index in [1.165, 1.54) is 0 Å². The second-order valence-corrected chi connectivity index (χ2v) is 3.52. The van der Waals surface area contributed by atoms with Crippen LogP contribution in [0.1, 0.15) is 13.8 Å². The molecular weight excluding hydrogens is 194 g/mol. The summed E-state index contributed by atoms with van der Waals surface area (Å²) in [5.74, 6) is -0.00704. The summed E-state index contributed by atoms with van der Waals surface area (Å²) >= 11 is 3.15. The van der Waals surface area contributed by atoms with Crippen LogP contribution in [0.4, 0.5) is 0 Å². The van der Waals surface area contributed by atoms with Gasteiger partial charge in [0.25, 0.3) is 0 Å². The molecule has 0 fully saturated rings. The molecule has 2 atom stereocenters. The molecule has 1 amide bonds. The first-order chi connectivity index (χ1) is 4.57. The number of halogens is 1. The lowest BCUT2D eigenvalue weighted by Gasteiger charge is -2.09. The Labute approximate surface area is 69.8 Å². The van der Waals surface area contributed by atoms with Crippen molar-refractivity contribution in [1.29, 1.82) is 0 Å². The molecule has 2 unspecified atom stereocenters. The first kappa shape index (κ1) is 9.69. The van der Waals surface area contributed by atoms with Crippen LogP contribution < -0.4 is 5.32 Å². The van der Waals surface area contributed by atoms with Crippen LogP contribution in [0.3, 0.4) is 0 Å². The standard InChI is InChI=1S/C7H12BrNO/c1-4-5(2)9-7(10)6(3)8/h4-6H,1H2,2-3H3,(H,9,10). The van der Waals surface area contributed by atoms with E-state index in [1.807, 2.05) is 6.92 Å². The SMILES string of the molecule is C=CC(C)NC(=O)C(C)Br. The molecule has 3 heteroatoms. The van der Waals surface area contributed by atoms with Gasteiger partial charge in [-0.2, -0.15) is 0 Å². The third-order valence-corrected chi connectivity index (χ3v) is 1.50. The van der Waals surface area contributed by atoms with Crippen LogP contribution in [0.5, 0.6) is 0 Å². The van der Waals surface area contributed by atoms with Crippen molar-refractivity contribution in [3.05, 3.63) is 12.7 Å². The fraction of sp³-hybridized carbons (Fsp3) is 0.571. The van der Waals surface area contributed by atoms with Crippen LogP contribution in [0.2, 0.25) is 0 Å². The monoisotopic (exact) mass is 205 g/mol. The largest absolute Gasteiger partial charge is 0.349 e. The quantitative estimate of drug-likeness (QED) is 0.549. The molecule has 0 spiro atoms. The summed E-state index contributed by atoms with van der Waals surface area (Å²) in [4.78, 5) is 10.8. The Hall–Kier alpha value is -0.310. The van der Waals surface area contributed by atoms with Gasteiger partial charge in [0, 0.05) is 6.04 Å². The molecular formula is C7H12BrNO. The topological polar surface area (TPSA) is 29.1 Å². The zero-order valence-electron chi connectivity index (χ0n) is 6.23. The van der Waals surface area contributed by atoms with E-state index < -0.39 is 0 Å². The summed E-state index contributed by atoms with van der Waals surface area (Å²) in [7, 11) is 0. The number of alkyl halides is 1. The average Bonchev–Trinajstić information content (AvgIpc) is 1.87. The van der Waals surface area contributed by atoms with Crippen molar-refractivity contribution in [3.8, 4) is 0 Å². The minimum absolute atomic E-state index is 0.00704. The summed E-state index contributed by atoms with van der Waals surface area (Å²) in [6.45, 7) is 7.20. The van der Waals surface area contributed by atoms with Gasteiger partial charge in [0.2, 0.25) is 5.91 Å². The summed E-state index contributed by atoms with van der Waals surface area (Å²) < 4.78 is 0. The van der Waals surface area contributed by atoms with E-state index in [-0.39, 0.29) is 16.8 Å². The van der Waals surface area contributed by atoms with Crippen molar-refractivity contribution in [3.63, 3.8) is 0 Å². The van der Waals surface area contributed by atoms with Crippen LogP contribution >= 0.6 is 15.9 Å². The van der Waals surface area contributed by atoms with Crippen LogP contribution in [-0.2, 0) is 4.79 Å². The van der Waals surface area contributed by atoms with E-state index in [9.17, 15) is 4.79 Å². The number of carbonyl (C=O) groups is 1. The average molecular weight is 206 g/mol. The highest BCUT2D eigenvalue weighted by Crippen LogP contribution is 1.97. The Kier molecular flexibility index (Phi) is 4.36.